The van der Waals surface area contributed by atoms with Crippen LogP contribution in [-0.2, 0) is 17.8 Å². The number of fused-ring (bicyclic) bond motifs is 2. The molecule has 4 rings (SSSR count). The van der Waals surface area contributed by atoms with Crippen molar-refractivity contribution in [1.29, 1.82) is 0 Å². The summed E-state index contributed by atoms with van der Waals surface area (Å²) in [6, 6.07) is 12.9. The summed E-state index contributed by atoms with van der Waals surface area (Å²) in [5.41, 5.74) is 2.16. The van der Waals surface area contributed by atoms with Crippen molar-refractivity contribution >= 4 is 38.4 Å². The number of halogens is 1. The standard InChI is InChI=1S/C20H18BrN3O3/c21-12-6-7-17-14(10-12)15(19(26)23-17)11-18-22-16-5-2-1-4-13(16)20(27)24(18)8-3-9-25/h1-2,4-7,10,15,25H,3,8-9,11H2,(H,23,26)/t15-/m1/s1. The van der Waals surface area contributed by atoms with Gasteiger partial charge in [0.1, 0.15) is 5.82 Å². The van der Waals surface area contributed by atoms with Crippen molar-refractivity contribution in [2.24, 2.45) is 0 Å². The van der Waals surface area contributed by atoms with E-state index in [1.165, 1.54) is 0 Å². The van der Waals surface area contributed by atoms with Gasteiger partial charge in [-0.05, 0) is 42.3 Å². The highest BCUT2D eigenvalue weighted by molar-refractivity contribution is 9.10. The Bertz CT molecular complexity index is 1090. The van der Waals surface area contributed by atoms with Crippen LogP contribution >= 0.6 is 15.9 Å². The normalized spacial score (nSPS) is 15.8. The Morgan fingerprint density at radius 2 is 2.00 bits per heavy atom. The summed E-state index contributed by atoms with van der Waals surface area (Å²) in [5.74, 6) is 0.0466. The third-order valence-corrected chi connectivity index (χ3v) is 5.32. The molecule has 2 heterocycles. The number of nitrogens with one attached hydrogen (secondary N) is 1. The summed E-state index contributed by atoms with van der Waals surface area (Å²) in [6.07, 6.45) is 0.771. The van der Waals surface area contributed by atoms with Crippen LogP contribution in [0.15, 0.2) is 51.7 Å². The van der Waals surface area contributed by atoms with Gasteiger partial charge < -0.3 is 10.4 Å². The van der Waals surface area contributed by atoms with Gasteiger partial charge in [-0.3, -0.25) is 14.2 Å². The fraction of sp³-hybridized carbons (Fsp3) is 0.250. The van der Waals surface area contributed by atoms with Gasteiger partial charge in [-0.1, -0.05) is 28.1 Å². The van der Waals surface area contributed by atoms with E-state index in [2.05, 4.69) is 26.2 Å². The van der Waals surface area contributed by atoms with Gasteiger partial charge in [0.25, 0.3) is 5.56 Å². The van der Waals surface area contributed by atoms with Gasteiger partial charge in [0.05, 0.1) is 16.8 Å². The zero-order chi connectivity index (χ0) is 19.0. The number of anilines is 1. The first-order valence-electron chi connectivity index (χ1n) is 8.78. The average molecular weight is 428 g/mol. The zero-order valence-electron chi connectivity index (χ0n) is 14.5. The number of aromatic nitrogens is 2. The topological polar surface area (TPSA) is 84.2 Å². The highest BCUT2D eigenvalue weighted by atomic mass is 79.9. The second-order valence-electron chi connectivity index (χ2n) is 6.56. The number of benzene rings is 2. The number of aliphatic hydroxyl groups excluding tert-OH is 1. The molecule has 27 heavy (non-hydrogen) atoms. The number of hydrogen-bond acceptors (Lipinski definition) is 4. The van der Waals surface area contributed by atoms with Gasteiger partial charge in [-0.2, -0.15) is 0 Å². The molecule has 0 spiro atoms. The molecule has 1 aliphatic heterocycles. The van der Waals surface area contributed by atoms with Crippen LogP contribution in [0.1, 0.15) is 23.7 Å². The minimum Gasteiger partial charge on any atom is -0.396 e. The first-order valence-corrected chi connectivity index (χ1v) is 9.57. The van der Waals surface area contributed by atoms with Gasteiger partial charge in [0.15, 0.2) is 0 Å². The van der Waals surface area contributed by atoms with Gasteiger partial charge in [-0.25, -0.2) is 4.98 Å². The van der Waals surface area contributed by atoms with E-state index in [0.717, 1.165) is 15.7 Å². The number of amides is 1. The molecule has 1 atom stereocenters. The van der Waals surface area contributed by atoms with Crippen molar-refractivity contribution in [1.82, 2.24) is 9.55 Å². The maximum Gasteiger partial charge on any atom is 0.261 e. The van der Waals surface area contributed by atoms with E-state index in [1.54, 1.807) is 22.8 Å². The molecular weight excluding hydrogens is 410 g/mol. The fourth-order valence-corrected chi connectivity index (χ4v) is 3.89. The molecule has 1 aromatic heterocycles. The van der Waals surface area contributed by atoms with Crippen LogP contribution in [0.3, 0.4) is 0 Å². The van der Waals surface area contributed by atoms with Gasteiger partial charge >= 0.3 is 0 Å². The van der Waals surface area contributed by atoms with Crippen LogP contribution in [-0.4, -0.2) is 27.2 Å². The molecule has 6 nitrogen and oxygen atoms in total. The lowest BCUT2D eigenvalue weighted by Crippen LogP contribution is -2.28. The molecular formula is C20H18BrN3O3. The number of carbonyl (C=O) groups excluding carboxylic acids is 1. The van der Waals surface area contributed by atoms with E-state index in [1.807, 2.05) is 24.3 Å². The minimum atomic E-state index is -0.411. The van der Waals surface area contributed by atoms with Gasteiger partial charge in [-0.15, -0.1) is 0 Å². The predicted molar refractivity (Wildman–Crippen MR) is 107 cm³/mol. The van der Waals surface area contributed by atoms with Crippen molar-refractivity contribution < 1.29 is 9.90 Å². The maximum absolute atomic E-state index is 12.9. The van der Waals surface area contributed by atoms with Crippen molar-refractivity contribution in [3.05, 3.63) is 68.7 Å². The monoisotopic (exact) mass is 427 g/mol. The molecule has 0 unspecified atom stereocenters. The molecule has 1 aliphatic rings. The number of nitrogens with zero attached hydrogens (tertiary/aromatic N) is 2. The fourth-order valence-electron chi connectivity index (χ4n) is 3.51. The van der Waals surface area contributed by atoms with E-state index in [4.69, 9.17) is 0 Å². The molecule has 138 valence electrons. The zero-order valence-corrected chi connectivity index (χ0v) is 16.1. The quantitative estimate of drug-likeness (QED) is 0.655. The molecule has 0 fully saturated rings. The highest BCUT2D eigenvalue weighted by Crippen LogP contribution is 2.36. The molecule has 0 aliphatic carbocycles. The average Bonchev–Trinajstić information content (AvgIpc) is 2.96. The lowest BCUT2D eigenvalue weighted by atomic mass is 9.96. The molecule has 1 amide bonds. The number of hydrogen-bond donors (Lipinski definition) is 2. The van der Waals surface area contributed by atoms with Crippen LogP contribution in [0.5, 0.6) is 0 Å². The summed E-state index contributed by atoms with van der Waals surface area (Å²) in [5, 5.41) is 12.6. The number of para-hydroxylation sites is 1. The summed E-state index contributed by atoms with van der Waals surface area (Å²) in [7, 11) is 0. The van der Waals surface area contributed by atoms with Crippen molar-refractivity contribution in [3.8, 4) is 0 Å². The maximum atomic E-state index is 12.9. The Balaban J connectivity index is 1.81. The van der Waals surface area contributed by atoms with Crippen molar-refractivity contribution in [3.63, 3.8) is 0 Å². The third kappa shape index (κ3) is 3.28. The lowest BCUT2D eigenvalue weighted by Gasteiger charge is -2.16. The molecule has 2 aromatic carbocycles. The second kappa shape index (κ2) is 7.25. The summed E-state index contributed by atoms with van der Waals surface area (Å²) < 4.78 is 2.48. The van der Waals surface area contributed by atoms with Gasteiger partial charge in [0, 0.05) is 29.7 Å². The van der Waals surface area contributed by atoms with Crippen molar-refractivity contribution in [2.45, 2.75) is 25.3 Å². The SMILES string of the molecule is O=C1Nc2ccc(Br)cc2[C@H]1Cc1nc2ccccc2c(=O)n1CCCO. The molecule has 7 heteroatoms. The largest absolute Gasteiger partial charge is 0.396 e. The van der Waals surface area contributed by atoms with E-state index in [0.29, 0.717) is 36.1 Å². The van der Waals surface area contributed by atoms with E-state index in [9.17, 15) is 14.7 Å². The summed E-state index contributed by atoms with van der Waals surface area (Å²) in [6.45, 7) is 0.348. The molecule has 3 aromatic rings. The Hall–Kier alpha value is -2.51. The van der Waals surface area contributed by atoms with Crippen molar-refractivity contribution in [2.75, 3.05) is 11.9 Å². The lowest BCUT2D eigenvalue weighted by molar-refractivity contribution is -0.117. The van der Waals surface area contributed by atoms with Crippen LogP contribution in [0.25, 0.3) is 10.9 Å². The molecule has 0 radical (unpaired) electrons. The number of aliphatic hydroxyl groups is 1. The Morgan fingerprint density at radius 1 is 1.19 bits per heavy atom. The van der Waals surface area contributed by atoms with E-state index >= 15 is 0 Å². The Kier molecular flexibility index (Phi) is 4.80. The number of rotatable bonds is 5. The van der Waals surface area contributed by atoms with Crippen LogP contribution in [0.2, 0.25) is 0 Å². The van der Waals surface area contributed by atoms with Crippen LogP contribution < -0.4 is 10.9 Å². The third-order valence-electron chi connectivity index (χ3n) is 4.83. The first-order chi connectivity index (χ1) is 13.1. The van der Waals surface area contributed by atoms with Crippen LogP contribution in [0.4, 0.5) is 5.69 Å². The van der Waals surface area contributed by atoms with Gasteiger partial charge in [0.2, 0.25) is 5.91 Å². The predicted octanol–water partition coefficient (Wildman–Crippen LogP) is 2.82. The smallest absolute Gasteiger partial charge is 0.261 e. The second-order valence-corrected chi connectivity index (χ2v) is 7.47. The van der Waals surface area contributed by atoms with Crippen LogP contribution in [0, 0.1) is 0 Å². The minimum absolute atomic E-state index is 0.0155. The summed E-state index contributed by atoms with van der Waals surface area (Å²) >= 11 is 3.45. The Morgan fingerprint density at radius 3 is 2.81 bits per heavy atom. The first kappa shape index (κ1) is 17.9. The molecule has 0 bridgehead atoms. The number of carbonyl (C=O) groups is 1. The Labute approximate surface area is 164 Å². The van der Waals surface area contributed by atoms with E-state index < -0.39 is 5.92 Å². The van der Waals surface area contributed by atoms with E-state index in [-0.39, 0.29) is 18.1 Å². The molecule has 2 N–H and O–H groups in total. The summed E-state index contributed by atoms with van der Waals surface area (Å²) in [4.78, 5) is 30.2. The molecule has 0 saturated heterocycles. The molecule has 0 saturated carbocycles. The highest BCUT2D eigenvalue weighted by Gasteiger charge is 2.32.